The van der Waals surface area contributed by atoms with Crippen molar-refractivity contribution in [2.75, 3.05) is 6.26 Å². The van der Waals surface area contributed by atoms with Crippen LogP contribution in [0.25, 0.3) is 0 Å². The molecule has 0 aliphatic heterocycles. The second-order valence-corrected chi connectivity index (χ2v) is 4.11. The highest BCUT2D eigenvalue weighted by Crippen LogP contribution is 2.38. The fourth-order valence-electron chi connectivity index (χ4n) is 1.20. The minimum absolute atomic E-state index is 0.0319. The van der Waals surface area contributed by atoms with E-state index in [1.165, 1.54) is 24.2 Å². The Hall–Kier alpha value is -1.30. The van der Waals surface area contributed by atoms with Crippen molar-refractivity contribution in [2.45, 2.75) is 23.8 Å². The molecule has 0 radical (unpaired) electrons. The first-order chi connectivity index (χ1) is 7.22. The van der Waals surface area contributed by atoms with Crippen LogP contribution in [0.15, 0.2) is 17.3 Å². The molecule has 1 aliphatic rings. The number of nitro groups is 1. The minimum Gasteiger partial charge on any atom is -0.482 e. The van der Waals surface area contributed by atoms with Crippen molar-refractivity contribution >= 4 is 17.4 Å². The van der Waals surface area contributed by atoms with Gasteiger partial charge < -0.3 is 4.74 Å². The lowest BCUT2D eigenvalue weighted by molar-refractivity contribution is -0.388. The van der Waals surface area contributed by atoms with Gasteiger partial charge in [0.15, 0.2) is 0 Å². The van der Waals surface area contributed by atoms with Crippen LogP contribution in [-0.2, 0) is 0 Å². The van der Waals surface area contributed by atoms with Gasteiger partial charge in [0.05, 0.1) is 17.2 Å². The van der Waals surface area contributed by atoms with Crippen LogP contribution in [-0.4, -0.2) is 22.3 Å². The third-order valence-corrected chi connectivity index (χ3v) is 2.81. The Labute approximate surface area is 91.0 Å². The van der Waals surface area contributed by atoms with E-state index in [1.54, 1.807) is 6.26 Å². The average molecular weight is 226 g/mol. The monoisotopic (exact) mass is 226 g/mol. The summed E-state index contributed by atoms with van der Waals surface area (Å²) in [5.74, 6) is 0.286. The lowest BCUT2D eigenvalue weighted by atomic mass is 10.4. The van der Waals surface area contributed by atoms with E-state index in [-0.39, 0.29) is 17.5 Å². The van der Waals surface area contributed by atoms with E-state index in [9.17, 15) is 10.1 Å². The SMILES string of the molecule is CSc1cncc(OC2CC2)c1[N+](=O)[O-]. The summed E-state index contributed by atoms with van der Waals surface area (Å²) in [6.07, 6.45) is 6.77. The highest BCUT2D eigenvalue weighted by Gasteiger charge is 2.29. The molecular formula is C9H10N2O3S. The zero-order valence-corrected chi connectivity index (χ0v) is 8.99. The Morgan fingerprint density at radius 1 is 1.60 bits per heavy atom. The van der Waals surface area contributed by atoms with Crippen LogP contribution < -0.4 is 4.74 Å². The summed E-state index contributed by atoms with van der Waals surface area (Å²) in [7, 11) is 0. The Bertz CT molecular complexity index is 393. The first-order valence-corrected chi connectivity index (χ1v) is 5.78. The van der Waals surface area contributed by atoms with Crippen molar-refractivity contribution in [1.82, 2.24) is 4.98 Å². The van der Waals surface area contributed by atoms with Gasteiger partial charge in [-0.1, -0.05) is 0 Å². The first kappa shape index (κ1) is 10.2. The predicted molar refractivity (Wildman–Crippen MR) is 56.3 cm³/mol. The minimum atomic E-state index is -0.411. The molecule has 0 amide bonds. The number of hydrogen-bond donors (Lipinski definition) is 0. The van der Waals surface area contributed by atoms with E-state index >= 15 is 0 Å². The predicted octanol–water partition coefficient (Wildman–Crippen LogP) is 2.25. The summed E-state index contributed by atoms with van der Waals surface area (Å²) in [5.41, 5.74) is 0.0319. The largest absolute Gasteiger partial charge is 0.482 e. The Balaban J connectivity index is 2.37. The second-order valence-electron chi connectivity index (χ2n) is 3.26. The Morgan fingerprint density at radius 2 is 2.33 bits per heavy atom. The lowest BCUT2D eigenvalue weighted by Crippen LogP contribution is -2.01. The van der Waals surface area contributed by atoms with Gasteiger partial charge >= 0.3 is 5.69 Å². The maximum absolute atomic E-state index is 10.9. The third-order valence-electron chi connectivity index (χ3n) is 2.07. The third kappa shape index (κ3) is 2.20. The molecule has 0 N–H and O–H groups in total. The number of rotatable bonds is 4. The van der Waals surface area contributed by atoms with Crippen LogP contribution in [0.4, 0.5) is 5.69 Å². The molecule has 80 valence electrons. The quantitative estimate of drug-likeness (QED) is 0.447. The van der Waals surface area contributed by atoms with Gasteiger partial charge in [-0.15, -0.1) is 11.8 Å². The van der Waals surface area contributed by atoms with E-state index in [4.69, 9.17) is 4.74 Å². The normalized spacial score (nSPS) is 15.0. The van der Waals surface area contributed by atoms with Crippen LogP contribution in [0.3, 0.4) is 0 Å². The van der Waals surface area contributed by atoms with Crippen molar-refractivity contribution < 1.29 is 9.66 Å². The molecule has 1 aromatic rings. The highest BCUT2D eigenvalue weighted by molar-refractivity contribution is 7.98. The van der Waals surface area contributed by atoms with E-state index in [1.807, 2.05) is 0 Å². The number of hydrogen-bond acceptors (Lipinski definition) is 5. The summed E-state index contributed by atoms with van der Waals surface area (Å²) in [6, 6.07) is 0. The maximum Gasteiger partial charge on any atom is 0.327 e. The average Bonchev–Trinajstić information content (AvgIpc) is 3.01. The molecule has 6 heteroatoms. The van der Waals surface area contributed by atoms with Gasteiger partial charge in [0.2, 0.25) is 5.75 Å². The Kier molecular flexibility index (Phi) is 2.77. The van der Waals surface area contributed by atoms with E-state index in [0.29, 0.717) is 4.90 Å². The van der Waals surface area contributed by atoms with Crippen LogP contribution in [0, 0.1) is 10.1 Å². The summed E-state index contributed by atoms with van der Waals surface area (Å²) >= 11 is 1.30. The highest BCUT2D eigenvalue weighted by atomic mass is 32.2. The van der Waals surface area contributed by atoms with E-state index in [0.717, 1.165) is 12.8 Å². The molecule has 0 atom stereocenters. The van der Waals surface area contributed by atoms with E-state index in [2.05, 4.69) is 4.98 Å². The van der Waals surface area contributed by atoms with Gasteiger partial charge in [-0.25, -0.2) is 0 Å². The fourth-order valence-corrected chi connectivity index (χ4v) is 1.73. The number of ether oxygens (including phenoxy) is 1. The first-order valence-electron chi connectivity index (χ1n) is 4.55. The van der Waals surface area contributed by atoms with Gasteiger partial charge in [0, 0.05) is 6.20 Å². The lowest BCUT2D eigenvalue weighted by Gasteiger charge is -2.06. The molecule has 5 nitrogen and oxygen atoms in total. The molecule has 0 spiro atoms. The molecular weight excluding hydrogens is 216 g/mol. The maximum atomic E-state index is 10.9. The summed E-state index contributed by atoms with van der Waals surface area (Å²) in [6.45, 7) is 0. The number of aromatic nitrogens is 1. The zero-order valence-electron chi connectivity index (χ0n) is 8.17. The molecule has 2 rings (SSSR count). The molecule has 0 bridgehead atoms. The zero-order chi connectivity index (χ0) is 10.8. The molecule has 1 aromatic heterocycles. The molecule has 15 heavy (non-hydrogen) atoms. The Morgan fingerprint density at radius 3 is 2.87 bits per heavy atom. The van der Waals surface area contributed by atoms with Gasteiger partial charge in [-0.3, -0.25) is 15.1 Å². The van der Waals surface area contributed by atoms with E-state index < -0.39 is 4.92 Å². The van der Waals surface area contributed by atoms with Crippen LogP contribution in [0.5, 0.6) is 5.75 Å². The molecule has 0 unspecified atom stereocenters. The number of pyridine rings is 1. The van der Waals surface area contributed by atoms with Crippen LogP contribution in [0.1, 0.15) is 12.8 Å². The van der Waals surface area contributed by atoms with Crippen molar-refractivity contribution in [2.24, 2.45) is 0 Å². The van der Waals surface area contributed by atoms with Crippen molar-refractivity contribution in [1.29, 1.82) is 0 Å². The van der Waals surface area contributed by atoms with Crippen LogP contribution in [0.2, 0.25) is 0 Å². The topological polar surface area (TPSA) is 65.3 Å². The van der Waals surface area contributed by atoms with Crippen molar-refractivity contribution in [3.05, 3.63) is 22.5 Å². The van der Waals surface area contributed by atoms with Crippen LogP contribution >= 0.6 is 11.8 Å². The van der Waals surface area contributed by atoms with Crippen molar-refractivity contribution in [3.8, 4) is 5.75 Å². The second kappa shape index (κ2) is 4.06. The van der Waals surface area contributed by atoms with Gasteiger partial charge in [0.25, 0.3) is 0 Å². The van der Waals surface area contributed by atoms with Crippen molar-refractivity contribution in [3.63, 3.8) is 0 Å². The smallest absolute Gasteiger partial charge is 0.327 e. The molecule has 0 saturated heterocycles. The van der Waals surface area contributed by atoms with Gasteiger partial charge in [0.1, 0.15) is 4.90 Å². The molecule has 1 fully saturated rings. The van der Waals surface area contributed by atoms with Gasteiger partial charge in [-0.2, -0.15) is 0 Å². The number of nitrogens with zero attached hydrogens (tertiary/aromatic N) is 2. The summed E-state index contributed by atoms with van der Waals surface area (Å²) in [4.78, 5) is 14.9. The molecule has 1 saturated carbocycles. The summed E-state index contributed by atoms with van der Waals surface area (Å²) in [5, 5.41) is 10.9. The fraction of sp³-hybridized carbons (Fsp3) is 0.444. The summed E-state index contributed by atoms with van der Waals surface area (Å²) < 4.78 is 5.44. The molecule has 1 heterocycles. The molecule has 0 aromatic carbocycles. The molecule has 1 aliphatic carbocycles. The number of thioether (sulfide) groups is 1. The van der Waals surface area contributed by atoms with Gasteiger partial charge in [-0.05, 0) is 19.1 Å². The standard InChI is InChI=1S/C9H10N2O3S/c1-15-8-5-10-4-7(9(8)11(12)13)14-6-2-3-6/h4-6H,2-3H2,1H3.